The number of hydrogen-bond donors (Lipinski definition) is 3. The Balaban J connectivity index is 1.89. The van der Waals surface area contributed by atoms with Crippen molar-refractivity contribution in [2.75, 3.05) is 7.11 Å². The average molecular weight is 492 g/mol. The standard InChI is InChI=1S/C23H24F3N5O2S/c1-14(27)22(34)29-12-15-6-5-8-17(10-15)31-18(11-20(30-31)23(24,25)26)21(32)28-13-16-7-3-4-9-19(16)33-2/h3-11,14H,12-13,27H2,1-2H3,(H,28,32)(H,29,34)/t14-/m0/s1. The van der Waals surface area contributed by atoms with E-state index in [4.69, 9.17) is 22.7 Å². The number of carbonyl (C=O) groups excluding carboxylic acids is 1. The topological polar surface area (TPSA) is 94.2 Å². The van der Waals surface area contributed by atoms with Crippen LogP contribution in [0.25, 0.3) is 5.69 Å². The molecular formula is C23H24F3N5O2S. The number of nitrogens with two attached hydrogens (primary N) is 1. The molecule has 0 unspecified atom stereocenters. The van der Waals surface area contributed by atoms with Gasteiger partial charge in [-0.2, -0.15) is 18.3 Å². The van der Waals surface area contributed by atoms with Crippen LogP contribution in [0.15, 0.2) is 54.6 Å². The number of thiocarbonyl (C=S) groups is 1. The van der Waals surface area contributed by atoms with E-state index < -0.39 is 17.8 Å². The first kappa shape index (κ1) is 25.2. The number of rotatable bonds is 8. The summed E-state index contributed by atoms with van der Waals surface area (Å²) in [6.07, 6.45) is -4.72. The normalized spacial score (nSPS) is 12.2. The molecule has 34 heavy (non-hydrogen) atoms. The van der Waals surface area contributed by atoms with Gasteiger partial charge in [0.2, 0.25) is 0 Å². The SMILES string of the molecule is COc1ccccc1CNC(=O)c1cc(C(F)(F)F)nn1-c1cccc(CNC(=S)[C@H](C)N)c1. The number of halogens is 3. The number of alkyl halides is 3. The van der Waals surface area contributed by atoms with Gasteiger partial charge in [0.25, 0.3) is 5.91 Å². The van der Waals surface area contributed by atoms with Crippen LogP contribution in [-0.2, 0) is 19.3 Å². The summed E-state index contributed by atoms with van der Waals surface area (Å²) in [6, 6.07) is 14.0. The van der Waals surface area contributed by atoms with E-state index in [2.05, 4.69) is 15.7 Å². The summed E-state index contributed by atoms with van der Waals surface area (Å²) in [5.41, 5.74) is 6.01. The van der Waals surface area contributed by atoms with Crippen molar-refractivity contribution in [1.82, 2.24) is 20.4 Å². The fourth-order valence-electron chi connectivity index (χ4n) is 3.14. The van der Waals surface area contributed by atoms with E-state index in [1.54, 1.807) is 55.5 Å². The molecule has 0 aliphatic rings. The van der Waals surface area contributed by atoms with Crippen LogP contribution in [0.2, 0.25) is 0 Å². The van der Waals surface area contributed by atoms with Gasteiger partial charge in [-0.05, 0) is 30.7 Å². The van der Waals surface area contributed by atoms with Crippen LogP contribution in [-0.4, -0.2) is 33.8 Å². The predicted octanol–water partition coefficient (Wildman–Crippen LogP) is 3.59. The van der Waals surface area contributed by atoms with Crippen LogP contribution in [0, 0.1) is 0 Å². The first-order valence-corrected chi connectivity index (χ1v) is 10.7. The van der Waals surface area contributed by atoms with Gasteiger partial charge in [0.15, 0.2) is 5.69 Å². The van der Waals surface area contributed by atoms with Crippen molar-refractivity contribution in [2.45, 2.75) is 32.2 Å². The van der Waals surface area contributed by atoms with Crippen LogP contribution in [0.5, 0.6) is 5.75 Å². The molecule has 1 heterocycles. The number of amides is 1. The Morgan fingerprint density at radius 3 is 2.56 bits per heavy atom. The highest BCUT2D eigenvalue weighted by Crippen LogP contribution is 2.30. The second-order valence-electron chi connectivity index (χ2n) is 7.50. The van der Waals surface area contributed by atoms with E-state index in [0.717, 1.165) is 16.3 Å². The van der Waals surface area contributed by atoms with E-state index >= 15 is 0 Å². The first-order valence-electron chi connectivity index (χ1n) is 10.3. The Kier molecular flexibility index (Phi) is 7.90. The number of hydrogen-bond acceptors (Lipinski definition) is 5. The molecule has 4 N–H and O–H groups in total. The maximum absolute atomic E-state index is 13.4. The van der Waals surface area contributed by atoms with Crippen LogP contribution >= 0.6 is 12.2 Å². The van der Waals surface area contributed by atoms with E-state index in [0.29, 0.717) is 28.5 Å². The molecule has 1 atom stereocenters. The highest BCUT2D eigenvalue weighted by molar-refractivity contribution is 7.80. The van der Waals surface area contributed by atoms with Gasteiger partial charge >= 0.3 is 6.18 Å². The largest absolute Gasteiger partial charge is 0.496 e. The molecule has 0 aliphatic carbocycles. The van der Waals surface area contributed by atoms with Crippen LogP contribution < -0.4 is 21.1 Å². The lowest BCUT2D eigenvalue weighted by Gasteiger charge is -2.13. The molecule has 3 aromatic rings. The second kappa shape index (κ2) is 10.7. The lowest BCUT2D eigenvalue weighted by Crippen LogP contribution is -2.36. The third-order valence-corrected chi connectivity index (χ3v) is 5.42. The third kappa shape index (κ3) is 6.12. The number of ether oxygens (including phenoxy) is 1. The number of carbonyl (C=O) groups is 1. The van der Waals surface area contributed by atoms with Crippen LogP contribution in [0.1, 0.15) is 34.2 Å². The predicted molar refractivity (Wildman–Crippen MR) is 126 cm³/mol. The van der Waals surface area contributed by atoms with Gasteiger partial charge in [-0.3, -0.25) is 4.79 Å². The quantitative estimate of drug-likeness (QED) is 0.417. The van der Waals surface area contributed by atoms with Gasteiger partial charge in [-0.1, -0.05) is 42.5 Å². The molecule has 0 bridgehead atoms. The fourth-order valence-corrected chi connectivity index (χ4v) is 3.21. The van der Waals surface area contributed by atoms with Gasteiger partial charge in [-0.15, -0.1) is 0 Å². The van der Waals surface area contributed by atoms with Crippen LogP contribution in [0.3, 0.4) is 0 Å². The summed E-state index contributed by atoms with van der Waals surface area (Å²) >= 11 is 5.15. The zero-order valence-electron chi connectivity index (χ0n) is 18.5. The fraction of sp³-hybridized carbons (Fsp3) is 0.261. The number of para-hydroxylation sites is 1. The zero-order chi connectivity index (χ0) is 24.9. The Bertz CT molecular complexity index is 1180. The third-order valence-electron chi connectivity index (χ3n) is 4.90. The van der Waals surface area contributed by atoms with Crippen molar-refractivity contribution in [1.29, 1.82) is 0 Å². The monoisotopic (exact) mass is 491 g/mol. The minimum Gasteiger partial charge on any atom is -0.496 e. The molecule has 0 radical (unpaired) electrons. The molecule has 0 saturated carbocycles. The molecule has 0 spiro atoms. The molecule has 7 nitrogen and oxygen atoms in total. The summed E-state index contributed by atoms with van der Waals surface area (Å²) in [4.78, 5) is 13.4. The van der Waals surface area contributed by atoms with Crippen LogP contribution in [0.4, 0.5) is 13.2 Å². The lowest BCUT2D eigenvalue weighted by atomic mass is 10.2. The molecule has 2 aromatic carbocycles. The first-order chi connectivity index (χ1) is 16.1. The molecular weight excluding hydrogens is 467 g/mol. The van der Waals surface area contributed by atoms with Crippen molar-refractivity contribution in [3.8, 4) is 11.4 Å². The second-order valence-corrected chi connectivity index (χ2v) is 7.94. The van der Waals surface area contributed by atoms with E-state index in [1.807, 2.05) is 0 Å². The Morgan fingerprint density at radius 2 is 1.88 bits per heavy atom. The molecule has 180 valence electrons. The Hall–Kier alpha value is -3.44. The zero-order valence-corrected chi connectivity index (χ0v) is 19.3. The van der Waals surface area contributed by atoms with Crippen molar-refractivity contribution in [3.05, 3.63) is 77.1 Å². The van der Waals surface area contributed by atoms with Gasteiger partial charge in [0, 0.05) is 24.7 Å². The smallest absolute Gasteiger partial charge is 0.435 e. The summed E-state index contributed by atoms with van der Waals surface area (Å²) < 4.78 is 46.5. The summed E-state index contributed by atoms with van der Waals surface area (Å²) in [5, 5.41) is 9.31. The highest BCUT2D eigenvalue weighted by Gasteiger charge is 2.36. The summed E-state index contributed by atoms with van der Waals surface area (Å²) in [7, 11) is 1.49. The molecule has 3 rings (SSSR count). The maximum atomic E-state index is 13.4. The van der Waals surface area contributed by atoms with Gasteiger partial charge in [0.05, 0.1) is 23.8 Å². The number of nitrogens with one attached hydrogen (secondary N) is 2. The van der Waals surface area contributed by atoms with Crippen molar-refractivity contribution in [3.63, 3.8) is 0 Å². The summed E-state index contributed by atoms with van der Waals surface area (Å²) in [6.45, 7) is 2.12. The van der Waals surface area contributed by atoms with Gasteiger partial charge in [0.1, 0.15) is 11.4 Å². The minimum atomic E-state index is -4.72. The molecule has 0 aliphatic heterocycles. The average Bonchev–Trinajstić information content (AvgIpc) is 3.27. The number of nitrogens with zero attached hydrogens (tertiary/aromatic N) is 2. The molecule has 11 heteroatoms. The van der Waals surface area contributed by atoms with Gasteiger partial charge < -0.3 is 21.1 Å². The maximum Gasteiger partial charge on any atom is 0.435 e. The van der Waals surface area contributed by atoms with E-state index in [9.17, 15) is 18.0 Å². The Morgan fingerprint density at radius 1 is 1.15 bits per heavy atom. The lowest BCUT2D eigenvalue weighted by molar-refractivity contribution is -0.141. The van der Waals surface area contributed by atoms with Crippen molar-refractivity contribution < 1.29 is 22.7 Å². The number of methoxy groups -OCH3 is 1. The summed E-state index contributed by atoms with van der Waals surface area (Å²) in [5.74, 6) is -0.159. The molecule has 0 fully saturated rings. The van der Waals surface area contributed by atoms with E-state index in [-0.39, 0.29) is 18.3 Å². The van der Waals surface area contributed by atoms with Crippen molar-refractivity contribution >= 4 is 23.1 Å². The van der Waals surface area contributed by atoms with Gasteiger partial charge in [-0.25, -0.2) is 4.68 Å². The molecule has 1 aromatic heterocycles. The van der Waals surface area contributed by atoms with Crippen molar-refractivity contribution in [2.24, 2.45) is 5.73 Å². The number of benzene rings is 2. The Labute approximate surface area is 200 Å². The molecule has 0 saturated heterocycles. The minimum absolute atomic E-state index is 0.0635. The number of aromatic nitrogens is 2. The molecule has 1 amide bonds. The van der Waals surface area contributed by atoms with E-state index in [1.165, 1.54) is 7.11 Å². The highest BCUT2D eigenvalue weighted by atomic mass is 32.1.